The minimum absolute atomic E-state index is 0.155. The molecule has 0 unspecified atom stereocenters. The van der Waals surface area contributed by atoms with E-state index in [1.165, 1.54) is 4.90 Å². The topological polar surface area (TPSA) is 103 Å². The molecule has 9 nitrogen and oxygen atoms in total. The van der Waals surface area contributed by atoms with Crippen molar-refractivity contribution in [2.45, 2.75) is 37.6 Å². The van der Waals surface area contributed by atoms with Crippen LogP contribution in [-0.2, 0) is 10.0 Å². The summed E-state index contributed by atoms with van der Waals surface area (Å²) in [5, 5.41) is 8.87. The molecule has 0 spiro atoms. The van der Waals surface area contributed by atoms with Gasteiger partial charge in [0.1, 0.15) is 10.7 Å². The van der Waals surface area contributed by atoms with E-state index in [1.807, 2.05) is 50.2 Å². The molecule has 2 fully saturated rings. The molecule has 5 rings (SSSR count). The van der Waals surface area contributed by atoms with Gasteiger partial charge in [0.15, 0.2) is 5.82 Å². The summed E-state index contributed by atoms with van der Waals surface area (Å²) in [6.45, 7) is 13.7. The molecule has 2 aliphatic heterocycles. The average molecular weight is 609 g/mol. The fourth-order valence-corrected chi connectivity index (χ4v) is 6.69. The normalized spacial score (nSPS) is 16.2. The van der Waals surface area contributed by atoms with E-state index >= 15 is 0 Å². The number of aryl methyl sites for hydroxylation is 2. The number of para-hydroxylation sites is 2. The number of piperazine rings is 1. The zero-order valence-corrected chi connectivity index (χ0v) is 24.9. The molecule has 0 aliphatic carbocycles. The van der Waals surface area contributed by atoms with Crippen molar-refractivity contribution in [3.8, 4) is 0 Å². The highest BCUT2D eigenvalue weighted by Gasteiger charge is 2.30. The number of piperidine rings is 1. The van der Waals surface area contributed by atoms with Gasteiger partial charge in [0.05, 0.1) is 12.3 Å². The molecule has 3 aromatic rings. The lowest BCUT2D eigenvalue weighted by Crippen LogP contribution is -2.49. The Kier molecular flexibility index (Phi) is 8.57. The van der Waals surface area contributed by atoms with Gasteiger partial charge in [-0.3, -0.25) is 4.79 Å². The van der Waals surface area contributed by atoms with Gasteiger partial charge in [0.25, 0.3) is 5.91 Å². The molecule has 226 valence electrons. The second kappa shape index (κ2) is 12.2. The number of benzene rings is 3. The lowest BCUT2D eigenvalue weighted by atomic mass is 9.99. The number of anilines is 3. The number of hydrogen-bond acceptors (Lipinski definition) is 6. The van der Waals surface area contributed by atoms with E-state index in [0.717, 1.165) is 48.4 Å². The van der Waals surface area contributed by atoms with E-state index in [4.69, 9.17) is 11.7 Å². The van der Waals surface area contributed by atoms with Crippen LogP contribution in [-0.4, -0.2) is 64.5 Å². The van der Waals surface area contributed by atoms with E-state index in [0.29, 0.717) is 23.4 Å². The minimum Gasteiger partial charge on any atom is -0.382 e. The number of nitrogens with one attached hydrogen (secondary N) is 1. The number of halogens is 2. The van der Waals surface area contributed by atoms with Crippen LogP contribution in [0.25, 0.3) is 4.85 Å². The van der Waals surface area contributed by atoms with Gasteiger partial charge < -0.3 is 20.0 Å². The third-order valence-electron chi connectivity index (χ3n) is 8.18. The Balaban J connectivity index is 1.26. The van der Waals surface area contributed by atoms with Crippen LogP contribution < -0.4 is 20.3 Å². The quantitative estimate of drug-likeness (QED) is 0.389. The van der Waals surface area contributed by atoms with Crippen LogP contribution in [0.4, 0.5) is 31.5 Å². The number of carbonyl (C=O) groups excluding carboxylic acids is 1. The van der Waals surface area contributed by atoms with Crippen LogP contribution in [0.2, 0.25) is 0 Å². The second-order valence-corrected chi connectivity index (χ2v) is 12.6. The highest BCUT2D eigenvalue weighted by molar-refractivity contribution is 7.89. The van der Waals surface area contributed by atoms with Crippen molar-refractivity contribution in [1.82, 2.24) is 4.90 Å². The summed E-state index contributed by atoms with van der Waals surface area (Å²) in [5.74, 6) is -2.22. The smallest absolute Gasteiger partial charge is 0.254 e. The fraction of sp³-hybridized carbons (Fsp3) is 0.355. The Morgan fingerprint density at radius 3 is 2.28 bits per heavy atom. The maximum absolute atomic E-state index is 14.7. The molecule has 3 N–H and O–H groups in total. The SMILES string of the molecule is [C-]#[N+]c1ccccc1N1CCC(Nc2cc(C(=O)N3CCN(c4c(F)cc(F)cc4S(N)(=O)=O)CC3)c(C)cc2C)CC1. The molecule has 12 heteroatoms. The van der Waals surface area contributed by atoms with Crippen LogP contribution in [0.15, 0.2) is 53.4 Å². The maximum Gasteiger partial charge on any atom is 0.254 e. The summed E-state index contributed by atoms with van der Waals surface area (Å²) < 4.78 is 52.6. The van der Waals surface area contributed by atoms with Gasteiger partial charge in [0, 0.05) is 68.3 Å². The van der Waals surface area contributed by atoms with Crippen molar-refractivity contribution in [2.24, 2.45) is 5.14 Å². The Hall–Kier alpha value is -4.21. The zero-order valence-electron chi connectivity index (χ0n) is 24.1. The maximum atomic E-state index is 14.7. The molecular weight excluding hydrogens is 574 g/mol. The summed E-state index contributed by atoms with van der Waals surface area (Å²) in [4.78, 5) is 22.0. The van der Waals surface area contributed by atoms with E-state index < -0.39 is 26.6 Å². The predicted molar refractivity (Wildman–Crippen MR) is 163 cm³/mol. The number of hydrogen-bond donors (Lipinski definition) is 2. The highest BCUT2D eigenvalue weighted by atomic mass is 32.2. The molecule has 0 atom stereocenters. The predicted octanol–water partition coefficient (Wildman–Crippen LogP) is 4.82. The number of rotatable bonds is 6. The lowest BCUT2D eigenvalue weighted by Gasteiger charge is -2.37. The molecule has 3 aromatic carbocycles. The van der Waals surface area contributed by atoms with Crippen LogP contribution in [0.1, 0.15) is 34.3 Å². The molecule has 0 aromatic heterocycles. The van der Waals surface area contributed by atoms with Crippen LogP contribution >= 0.6 is 0 Å². The van der Waals surface area contributed by atoms with Gasteiger partial charge in [0.2, 0.25) is 15.7 Å². The Morgan fingerprint density at radius 2 is 1.63 bits per heavy atom. The fourth-order valence-electron chi connectivity index (χ4n) is 5.92. The molecule has 0 saturated carbocycles. The molecule has 43 heavy (non-hydrogen) atoms. The lowest BCUT2D eigenvalue weighted by molar-refractivity contribution is 0.0745. The van der Waals surface area contributed by atoms with Gasteiger partial charge in [-0.1, -0.05) is 24.3 Å². The van der Waals surface area contributed by atoms with Crippen molar-refractivity contribution in [3.05, 3.63) is 88.3 Å². The first-order chi connectivity index (χ1) is 20.5. The molecule has 0 radical (unpaired) electrons. The molecule has 1 amide bonds. The van der Waals surface area contributed by atoms with Crippen LogP contribution in [0.5, 0.6) is 0 Å². The van der Waals surface area contributed by atoms with E-state index in [-0.39, 0.29) is 43.8 Å². The van der Waals surface area contributed by atoms with Crippen molar-refractivity contribution >= 4 is 38.7 Å². The van der Waals surface area contributed by atoms with E-state index in [2.05, 4.69) is 15.1 Å². The van der Waals surface area contributed by atoms with Crippen molar-refractivity contribution in [1.29, 1.82) is 0 Å². The first kappa shape index (κ1) is 30.3. The van der Waals surface area contributed by atoms with Crippen molar-refractivity contribution in [2.75, 3.05) is 54.4 Å². The summed E-state index contributed by atoms with van der Waals surface area (Å²) in [6.07, 6.45) is 1.76. The Labute approximate surface area is 250 Å². The van der Waals surface area contributed by atoms with E-state index in [9.17, 15) is 22.0 Å². The number of primary sulfonamides is 1. The molecular formula is C31H34F2N6O3S. The third-order valence-corrected chi connectivity index (χ3v) is 9.11. The average Bonchev–Trinajstić information content (AvgIpc) is 2.98. The summed E-state index contributed by atoms with van der Waals surface area (Å²) in [6, 6.07) is 13.1. The van der Waals surface area contributed by atoms with Crippen molar-refractivity contribution in [3.63, 3.8) is 0 Å². The van der Waals surface area contributed by atoms with Gasteiger partial charge in [-0.05, 0) is 56.0 Å². The standard InChI is InChI=1S/C31H34F2N6O3S/c1-20-16-21(2)27(36-23-8-10-37(11-9-23)28-7-5-4-6-26(28)35-3)19-24(20)31(40)39-14-12-38(13-15-39)30-25(33)17-22(32)18-29(30)43(34,41)42/h4-7,16-19,23,36H,8-15H2,1-2H3,(H2,34,41,42). The number of nitrogens with zero attached hydrogens (tertiary/aromatic N) is 4. The zero-order chi connectivity index (χ0) is 30.9. The summed E-state index contributed by atoms with van der Waals surface area (Å²) in [5.41, 5.74) is 4.64. The van der Waals surface area contributed by atoms with Gasteiger partial charge >= 0.3 is 0 Å². The first-order valence-corrected chi connectivity index (χ1v) is 15.7. The molecule has 2 aliphatic rings. The summed E-state index contributed by atoms with van der Waals surface area (Å²) >= 11 is 0. The van der Waals surface area contributed by atoms with Crippen molar-refractivity contribution < 1.29 is 22.0 Å². The number of carbonyl (C=O) groups is 1. The molecule has 0 bridgehead atoms. The summed E-state index contributed by atoms with van der Waals surface area (Å²) in [7, 11) is -4.37. The van der Waals surface area contributed by atoms with E-state index in [1.54, 1.807) is 4.90 Å². The highest BCUT2D eigenvalue weighted by Crippen LogP contribution is 2.33. The third kappa shape index (κ3) is 6.43. The van der Waals surface area contributed by atoms with Gasteiger partial charge in [-0.25, -0.2) is 27.2 Å². The largest absolute Gasteiger partial charge is 0.382 e. The van der Waals surface area contributed by atoms with Crippen LogP contribution in [0.3, 0.4) is 0 Å². The molecule has 2 saturated heterocycles. The number of sulfonamides is 1. The number of nitrogens with two attached hydrogens (primary N) is 1. The second-order valence-electron chi connectivity index (χ2n) is 11.0. The number of amides is 1. The minimum atomic E-state index is -4.37. The van der Waals surface area contributed by atoms with Crippen LogP contribution in [0, 0.1) is 32.1 Å². The first-order valence-electron chi connectivity index (χ1n) is 14.1. The molecule has 2 heterocycles. The van der Waals surface area contributed by atoms with Gasteiger partial charge in [-0.15, -0.1) is 0 Å². The Morgan fingerprint density at radius 1 is 0.953 bits per heavy atom. The Bertz CT molecular complexity index is 1690. The monoisotopic (exact) mass is 608 g/mol. The van der Waals surface area contributed by atoms with Gasteiger partial charge in [-0.2, -0.15) is 0 Å².